The van der Waals surface area contributed by atoms with Gasteiger partial charge in [0.25, 0.3) is 17.5 Å². The third-order valence-electron chi connectivity index (χ3n) is 5.10. The Labute approximate surface area is 174 Å². The van der Waals surface area contributed by atoms with E-state index < -0.39 is 16.9 Å². The molecule has 0 aromatic heterocycles. The zero-order valence-electron chi connectivity index (χ0n) is 16.8. The minimum Gasteiger partial charge on any atom is -0.481 e. The quantitative estimate of drug-likeness (QED) is 0.527. The van der Waals surface area contributed by atoms with Crippen molar-refractivity contribution in [3.63, 3.8) is 0 Å². The molecular formula is C22H25N3O5. The number of carbonyl (C=O) groups excluding carboxylic acids is 2. The average molecular weight is 411 g/mol. The highest BCUT2D eigenvalue weighted by Gasteiger charge is 2.21. The minimum absolute atomic E-state index is 0.0580. The van der Waals surface area contributed by atoms with Crippen molar-refractivity contribution in [2.24, 2.45) is 0 Å². The van der Waals surface area contributed by atoms with Crippen molar-refractivity contribution in [2.75, 3.05) is 5.32 Å². The Morgan fingerprint density at radius 1 is 1.07 bits per heavy atom. The Kier molecular flexibility index (Phi) is 7.00. The van der Waals surface area contributed by atoms with Crippen molar-refractivity contribution in [2.45, 2.75) is 51.2 Å². The zero-order chi connectivity index (χ0) is 21.5. The molecule has 3 rings (SSSR count). The molecule has 30 heavy (non-hydrogen) atoms. The van der Waals surface area contributed by atoms with Gasteiger partial charge in [0.15, 0.2) is 6.10 Å². The first-order valence-corrected chi connectivity index (χ1v) is 10.1. The standard InChI is InChI=1S/C22H25N3O5/c1-15(30-18-13-11-17(12-14-18)25(28)29)21(26)24-20-10-6-5-9-19(20)22(27)23-16-7-3-2-4-8-16/h5-6,9-16H,2-4,7-8H2,1H3,(H,23,27)(H,24,26). The van der Waals surface area contributed by atoms with E-state index in [-0.39, 0.29) is 17.6 Å². The highest BCUT2D eigenvalue weighted by Crippen LogP contribution is 2.21. The molecule has 0 radical (unpaired) electrons. The maximum absolute atomic E-state index is 12.7. The van der Waals surface area contributed by atoms with Crippen LogP contribution in [0.3, 0.4) is 0 Å². The van der Waals surface area contributed by atoms with Crippen molar-refractivity contribution < 1.29 is 19.2 Å². The Morgan fingerprint density at radius 3 is 2.40 bits per heavy atom. The van der Waals surface area contributed by atoms with Gasteiger partial charge in [-0.15, -0.1) is 0 Å². The predicted molar refractivity (Wildman–Crippen MR) is 113 cm³/mol. The van der Waals surface area contributed by atoms with Crippen LogP contribution in [-0.2, 0) is 4.79 Å². The van der Waals surface area contributed by atoms with Gasteiger partial charge < -0.3 is 15.4 Å². The fourth-order valence-electron chi connectivity index (χ4n) is 3.44. The number of carbonyl (C=O) groups is 2. The Hall–Kier alpha value is -3.42. The van der Waals surface area contributed by atoms with Crippen molar-refractivity contribution >= 4 is 23.2 Å². The number of nitrogens with zero attached hydrogens (tertiary/aromatic N) is 1. The van der Waals surface area contributed by atoms with Crippen LogP contribution >= 0.6 is 0 Å². The van der Waals surface area contributed by atoms with Crippen LogP contribution in [0.5, 0.6) is 5.75 Å². The molecule has 2 aromatic carbocycles. The summed E-state index contributed by atoms with van der Waals surface area (Å²) in [6.07, 6.45) is 4.51. The minimum atomic E-state index is -0.860. The number of nitro groups is 1. The summed E-state index contributed by atoms with van der Waals surface area (Å²) >= 11 is 0. The van der Waals surface area contributed by atoms with Gasteiger partial charge in [0.05, 0.1) is 16.2 Å². The molecule has 0 spiro atoms. The van der Waals surface area contributed by atoms with Crippen LogP contribution in [0.2, 0.25) is 0 Å². The molecule has 1 aliphatic rings. The first kappa shape index (κ1) is 21.3. The third kappa shape index (κ3) is 5.56. The van der Waals surface area contributed by atoms with Crippen LogP contribution in [0.4, 0.5) is 11.4 Å². The van der Waals surface area contributed by atoms with Gasteiger partial charge >= 0.3 is 0 Å². The second-order valence-electron chi connectivity index (χ2n) is 7.35. The average Bonchev–Trinajstić information content (AvgIpc) is 2.75. The largest absolute Gasteiger partial charge is 0.481 e. The first-order valence-electron chi connectivity index (χ1n) is 10.1. The molecule has 1 unspecified atom stereocenters. The molecule has 2 amide bonds. The number of hydrogen-bond donors (Lipinski definition) is 2. The smallest absolute Gasteiger partial charge is 0.269 e. The van der Waals surface area contributed by atoms with E-state index in [0.29, 0.717) is 17.0 Å². The number of nitrogens with one attached hydrogen (secondary N) is 2. The molecule has 0 bridgehead atoms. The van der Waals surface area contributed by atoms with Gasteiger partial charge in [-0.1, -0.05) is 31.4 Å². The van der Waals surface area contributed by atoms with Crippen molar-refractivity contribution in [1.29, 1.82) is 0 Å². The summed E-state index contributed by atoms with van der Waals surface area (Å²) in [5, 5.41) is 16.5. The molecule has 0 heterocycles. The fourth-order valence-corrected chi connectivity index (χ4v) is 3.44. The molecule has 1 aliphatic carbocycles. The summed E-state index contributed by atoms with van der Waals surface area (Å²) in [5.41, 5.74) is 0.756. The SMILES string of the molecule is CC(Oc1ccc([N+](=O)[O-])cc1)C(=O)Nc1ccccc1C(=O)NC1CCCCC1. The molecule has 158 valence electrons. The zero-order valence-corrected chi connectivity index (χ0v) is 16.8. The van der Waals surface area contributed by atoms with Crippen LogP contribution in [0, 0.1) is 10.1 Å². The number of ether oxygens (including phenoxy) is 1. The molecule has 1 saturated carbocycles. The van der Waals surface area contributed by atoms with Gasteiger partial charge in [-0.25, -0.2) is 0 Å². The number of rotatable bonds is 7. The van der Waals surface area contributed by atoms with E-state index in [2.05, 4.69) is 10.6 Å². The maximum atomic E-state index is 12.7. The summed E-state index contributed by atoms with van der Waals surface area (Å²) < 4.78 is 5.57. The van der Waals surface area contributed by atoms with E-state index >= 15 is 0 Å². The number of amides is 2. The predicted octanol–water partition coefficient (Wildman–Crippen LogP) is 4.06. The van der Waals surface area contributed by atoms with Gasteiger partial charge in [0.1, 0.15) is 5.75 Å². The molecule has 1 fully saturated rings. The van der Waals surface area contributed by atoms with Crippen molar-refractivity contribution in [3.8, 4) is 5.75 Å². The second-order valence-corrected chi connectivity index (χ2v) is 7.35. The lowest BCUT2D eigenvalue weighted by atomic mass is 9.95. The summed E-state index contributed by atoms with van der Waals surface area (Å²) in [6.45, 7) is 1.57. The summed E-state index contributed by atoms with van der Waals surface area (Å²) in [6, 6.07) is 12.5. The van der Waals surface area contributed by atoms with Crippen LogP contribution in [-0.4, -0.2) is 28.9 Å². The summed E-state index contributed by atoms with van der Waals surface area (Å²) in [5.74, 6) is -0.292. The molecule has 0 saturated heterocycles. The normalized spacial score (nSPS) is 15.1. The Balaban J connectivity index is 1.62. The number of benzene rings is 2. The van der Waals surface area contributed by atoms with Gasteiger partial charge in [0.2, 0.25) is 0 Å². The van der Waals surface area contributed by atoms with Crippen molar-refractivity contribution in [1.82, 2.24) is 5.32 Å². The van der Waals surface area contributed by atoms with Crippen LogP contribution in [0.1, 0.15) is 49.4 Å². The second kappa shape index (κ2) is 9.87. The molecule has 2 N–H and O–H groups in total. The lowest BCUT2D eigenvalue weighted by Gasteiger charge is -2.23. The number of non-ortho nitro benzene ring substituents is 1. The first-order chi connectivity index (χ1) is 14.4. The van der Waals surface area contributed by atoms with Gasteiger partial charge in [-0.05, 0) is 44.0 Å². The summed E-state index contributed by atoms with van der Waals surface area (Å²) in [4.78, 5) is 35.5. The summed E-state index contributed by atoms with van der Waals surface area (Å²) in [7, 11) is 0. The molecular weight excluding hydrogens is 386 g/mol. The van der Waals surface area contributed by atoms with E-state index in [1.807, 2.05) is 0 Å². The fraction of sp³-hybridized carbons (Fsp3) is 0.364. The monoisotopic (exact) mass is 411 g/mol. The third-order valence-corrected chi connectivity index (χ3v) is 5.10. The Bertz CT molecular complexity index is 907. The highest BCUT2D eigenvalue weighted by molar-refractivity contribution is 6.04. The van der Waals surface area contributed by atoms with E-state index in [0.717, 1.165) is 25.7 Å². The number of nitro benzene ring substituents is 1. The topological polar surface area (TPSA) is 111 Å². The number of para-hydroxylation sites is 1. The van der Waals surface area contributed by atoms with Crippen LogP contribution in [0.25, 0.3) is 0 Å². The molecule has 2 aromatic rings. The van der Waals surface area contributed by atoms with E-state index in [1.165, 1.54) is 30.7 Å². The lowest BCUT2D eigenvalue weighted by molar-refractivity contribution is -0.384. The van der Waals surface area contributed by atoms with Gasteiger partial charge in [-0.2, -0.15) is 0 Å². The van der Waals surface area contributed by atoms with E-state index in [1.54, 1.807) is 31.2 Å². The molecule has 1 atom stereocenters. The highest BCUT2D eigenvalue weighted by atomic mass is 16.6. The number of hydrogen-bond acceptors (Lipinski definition) is 5. The molecule has 8 heteroatoms. The van der Waals surface area contributed by atoms with Gasteiger partial charge in [0, 0.05) is 18.2 Å². The van der Waals surface area contributed by atoms with Crippen molar-refractivity contribution in [3.05, 3.63) is 64.2 Å². The van der Waals surface area contributed by atoms with Crippen LogP contribution < -0.4 is 15.4 Å². The Morgan fingerprint density at radius 2 is 1.73 bits per heavy atom. The maximum Gasteiger partial charge on any atom is 0.269 e. The lowest BCUT2D eigenvalue weighted by Crippen LogP contribution is -2.37. The van der Waals surface area contributed by atoms with E-state index in [9.17, 15) is 19.7 Å². The van der Waals surface area contributed by atoms with Gasteiger partial charge in [-0.3, -0.25) is 19.7 Å². The van der Waals surface area contributed by atoms with E-state index in [4.69, 9.17) is 4.74 Å². The molecule has 0 aliphatic heterocycles. The van der Waals surface area contributed by atoms with Crippen LogP contribution in [0.15, 0.2) is 48.5 Å². The molecule has 8 nitrogen and oxygen atoms in total. The number of anilines is 1.